The molecule has 0 aromatic carbocycles. The van der Waals surface area contributed by atoms with E-state index in [0.717, 1.165) is 17.8 Å². The van der Waals surface area contributed by atoms with Crippen molar-refractivity contribution in [3.05, 3.63) is 11.3 Å². The SMILES string of the molecule is CC1=C2OC(=O)CC(C)C2N=CC1. The highest BCUT2D eigenvalue weighted by Crippen LogP contribution is 2.31. The summed E-state index contributed by atoms with van der Waals surface area (Å²) >= 11 is 0. The smallest absolute Gasteiger partial charge is 0.311 e. The summed E-state index contributed by atoms with van der Waals surface area (Å²) in [6.45, 7) is 4.04. The summed E-state index contributed by atoms with van der Waals surface area (Å²) in [4.78, 5) is 15.5. The Bertz CT molecular complexity index is 304. The minimum atomic E-state index is -0.116. The van der Waals surface area contributed by atoms with Gasteiger partial charge < -0.3 is 4.74 Å². The van der Waals surface area contributed by atoms with Crippen LogP contribution in [0.15, 0.2) is 16.3 Å². The number of fused-ring (bicyclic) bond motifs is 1. The number of rotatable bonds is 0. The zero-order valence-corrected chi connectivity index (χ0v) is 7.91. The molecule has 70 valence electrons. The zero-order chi connectivity index (χ0) is 9.42. The summed E-state index contributed by atoms with van der Waals surface area (Å²) < 4.78 is 5.20. The van der Waals surface area contributed by atoms with Crippen molar-refractivity contribution in [3.8, 4) is 0 Å². The largest absolute Gasteiger partial charge is 0.429 e. The first-order valence-electron chi connectivity index (χ1n) is 4.60. The maximum absolute atomic E-state index is 11.2. The molecule has 2 rings (SSSR count). The number of esters is 1. The second kappa shape index (κ2) is 2.98. The van der Waals surface area contributed by atoms with Crippen LogP contribution in [-0.2, 0) is 9.53 Å². The van der Waals surface area contributed by atoms with Gasteiger partial charge in [-0.25, -0.2) is 0 Å². The number of dihydropyridines is 1. The molecule has 1 saturated heterocycles. The summed E-state index contributed by atoms with van der Waals surface area (Å²) in [5.74, 6) is 0.962. The number of aliphatic imine (C=N–C) groups is 1. The second-order valence-corrected chi connectivity index (χ2v) is 3.78. The highest BCUT2D eigenvalue weighted by Gasteiger charge is 2.33. The van der Waals surface area contributed by atoms with Gasteiger partial charge in [-0.1, -0.05) is 6.92 Å². The molecular weight excluding hydrogens is 166 g/mol. The van der Waals surface area contributed by atoms with E-state index in [1.165, 1.54) is 0 Å². The Hall–Kier alpha value is -1.12. The summed E-state index contributed by atoms with van der Waals surface area (Å²) in [6.07, 6.45) is 3.21. The first-order chi connectivity index (χ1) is 6.18. The maximum atomic E-state index is 11.2. The van der Waals surface area contributed by atoms with Crippen LogP contribution in [-0.4, -0.2) is 18.2 Å². The molecule has 0 N–H and O–H groups in total. The van der Waals surface area contributed by atoms with Crippen LogP contribution in [0.2, 0.25) is 0 Å². The van der Waals surface area contributed by atoms with Gasteiger partial charge in [-0.15, -0.1) is 0 Å². The van der Waals surface area contributed by atoms with Crippen molar-refractivity contribution in [1.82, 2.24) is 0 Å². The Labute approximate surface area is 77.5 Å². The number of carbonyl (C=O) groups is 1. The fourth-order valence-electron chi connectivity index (χ4n) is 1.82. The lowest BCUT2D eigenvalue weighted by molar-refractivity contribution is -0.144. The Morgan fingerprint density at radius 2 is 2.38 bits per heavy atom. The van der Waals surface area contributed by atoms with Crippen LogP contribution in [0.3, 0.4) is 0 Å². The van der Waals surface area contributed by atoms with E-state index in [0.29, 0.717) is 6.42 Å². The molecule has 1 fully saturated rings. The molecule has 0 amide bonds. The van der Waals surface area contributed by atoms with Crippen molar-refractivity contribution in [3.63, 3.8) is 0 Å². The molecule has 2 aliphatic heterocycles. The molecule has 0 radical (unpaired) electrons. The van der Waals surface area contributed by atoms with Crippen molar-refractivity contribution in [2.75, 3.05) is 0 Å². The molecule has 2 atom stereocenters. The van der Waals surface area contributed by atoms with E-state index >= 15 is 0 Å². The molecule has 13 heavy (non-hydrogen) atoms. The van der Waals surface area contributed by atoms with Gasteiger partial charge in [0.05, 0.1) is 6.42 Å². The van der Waals surface area contributed by atoms with E-state index in [9.17, 15) is 4.79 Å². The van der Waals surface area contributed by atoms with Crippen LogP contribution in [0.1, 0.15) is 26.7 Å². The van der Waals surface area contributed by atoms with Crippen molar-refractivity contribution >= 4 is 12.2 Å². The van der Waals surface area contributed by atoms with Crippen LogP contribution < -0.4 is 0 Å². The number of ether oxygens (including phenoxy) is 1. The van der Waals surface area contributed by atoms with E-state index in [4.69, 9.17) is 4.74 Å². The number of allylic oxidation sites excluding steroid dienone is 1. The fraction of sp³-hybridized carbons (Fsp3) is 0.600. The van der Waals surface area contributed by atoms with Gasteiger partial charge in [-0.3, -0.25) is 9.79 Å². The van der Waals surface area contributed by atoms with Gasteiger partial charge in [0.2, 0.25) is 0 Å². The van der Waals surface area contributed by atoms with Crippen molar-refractivity contribution in [2.45, 2.75) is 32.7 Å². The first-order valence-corrected chi connectivity index (χ1v) is 4.60. The van der Waals surface area contributed by atoms with Crippen molar-refractivity contribution in [2.24, 2.45) is 10.9 Å². The van der Waals surface area contributed by atoms with Crippen LogP contribution in [0, 0.1) is 5.92 Å². The van der Waals surface area contributed by atoms with E-state index in [1.54, 1.807) is 0 Å². The van der Waals surface area contributed by atoms with Crippen LogP contribution in [0.4, 0.5) is 0 Å². The molecule has 0 spiro atoms. The van der Waals surface area contributed by atoms with Gasteiger partial charge in [0.15, 0.2) is 0 Å². The summed E-state index contributed by atoms with van der Waals surface area (Å²) in [7, 11) is 0. The molecule has 2 heterocycles. The minimum absolute atomic E-state index is 0.0893. The van der Waals surface area contributed by atoms with Crippen molar-refractivity contribution in [1.29, 1.82) is 0 Å². The van der Waals surface area contributed by atoms with E-state index < -0.39 is 0 Å². The predicted molar refractivity (Wildman–Crippen MR) is 49.5 cm³/mol. The third-order valence-corrected chi connectivity index (χ3v) is 2.60. The van der Waals surface area contributed by atoms with Gasteiger partial charge in [-0.2, -0.15) is 0 Å². The number of nitrogens with zero attached hydrogens (tertiary/aromatic N) is 1. The average molecular weight is 179 g/mol. The summed E-state index contributed by atoms with van der Waals surface area (Å²) in [5, 5.41) is 0. The standard InChI is InChI=1S/C10H13NO2/c1-6-3-4-11-9-7(2)5-8(12)13-10(6)9/h4,7,9H,3,5H2,1-2H3. The Kier molecular flexibility index (Phi) is 1.94. The number of hydrogen-bond donors (Lipinski definition) is 0. The molecule has 0 aliphatic carbocycles. The number of carbonyl (C=O) groups excluding carboxylic acids is 1. The molecule has 2 aliphatic rings. The van der Waals surface area contributed by atoms with E-state index in [1.807, 2.05) is 20.1 Å². The van der Waals surface area contributed by atoms with Crippen LogP contribution in [0.5, 0.6) is 0 Å². The lowest BCUT2D eigenvalue weighted by Crippen LogP contribution is -2.33. The molecule has 0 aromatic rings. The van der Waals surface area contributed by atoms with Gasteiger partial charge in [0.25, 0.3) is 0 Å². The highest BCUT2D eigenvalue weighted by atomic mass is 16.5. The predicted octanol–water partition coefficient (Wildman–Crippen LogP) is 1.69. The summed E-state index contributed by atoms with van der Waals surface area (Å²) in [6, 6.07) is 0.0893. The second-order valence-electron chi connectivity index (χ2n) is 3.78. The van der Waals surface area contributed by atoms with Crippen LogP contribution >= 0.6 is 0 Å². The molecule has 3 heteroatoms. The minimum Gasteiger partial charge on any atom is -0.429 e. The molecule has 0 bridgehead atoms. The van der Waals surface area contributed by atoms with Crippen molar-refractivity contribution < 1.29 is 9.53 Å². The Morgan fingerprint density at radius 3 is 3.15 bits per heavy atom. The first kappa shape index (κ1) is 8.48. The third-order valence-electron chi connectivity index (χ3n) is 2.60. The van der Waals surface area contributed by atoms with Gasteiger partial charge in [0, 0.05) is 12.6 Å². The monoisotopic (exact) mass is 179 g/mol. The topological polar surface area (TPSA) is 38.7 Å². The summed E-state index contributed by atoms with van der Waals surface area (Å²) in [5.41, 5.74) is 1.14. The molecule has 0 saturated carbocycles. The lowest BCUT2D eigenvalue weighted by Gasteiger charge is -2.30. The molecule has 0 aromatic heterocycles. The Morgan fingerprint density at radius 1 is 1.62 bits per heavy atom. The van der Waals surface area contributed by atoms with Gasteiger partial charge in [0.1, 0.15) is 11.8 Å². The third kappa shape index (κ3) is 1.39. The zero-order valence-electron chi connectivity index (χ0n) is 7.91. The molecule has 3 nitrogen and oxygen atoms in total. The quantitative estimate of drug-likeness (QED) is 0.531. The van der Waals surface area contributed by atoms with Gasteiger partial charge in [-0.05, 0) is 18.4 Å². The lowest BCUT2D eigenvalue weighted by atomic mass is 9.90. The molecular formula is C10H13NO2. The average Bonchev–Trinajstić information content (AvgIpc) is 2.07. The maximum Gasteiger partial charge on any atom is 0.311 e. The normalized spacial score (nSPS) is 32.9. The molecule has 2 unspecified atom stereocenters. The van der Waals surface area contributed by atoms with E-state index in [-0.39, 0.29) is 17.9 Å². The highest BCUT2D eigenvalue weighted by molar-refractivity contribution is 5.74. The van der Waals surface area contributed by atoms with Gasteiger partial charge >= 0.3 is 5.97 Å². The fourth-order valence-corrected chi connectivity index (χ4v) is 1.82. The Balaban J connectivity index is 2.32. The van der Waals surface area contributed by atoms with E-state index in [2.05, 4.69) is 4.99 Å². The number of hydrogen-bond acceptors (Lipinski definition) is 3. The van der Waals surface area contributed by atoms with Crippen LogP contribution in [0.25, 0.3) is 0 Å².